The van der Waals surface area contributed by atoms with Gasteiger partial charge < -0.3 is 42.0 Å². The molecule has 0 aromatic carbocycles. The lowest BCUT2D eigenvalue weighted by molar-refractivity contribution is -0.145. The molecule has 1 heterocycles. The molecule has 15 heteroatoms. The van der Waals surface area contributed by atoms with Gasteiger partial charge in [0.25, 0.3) is 0 Å². The quantitative estimate of drug-likeness (QED) is 0.124. The third-order valence-electron chi connectivity index (χ3n) is 4.63. The predicted octanol–water partition coefficient (Wildman–Crippen LogP) is -2.57. The molecule has 1 rings (SSSR count). The zero-order valence-corrected chi connectivity index (χ0v) is 19.5. The SMILES string of the molecule is CSCCC(NC(=O)C(CC(=O)O)NC(=O)C(N)Cc1cnc[nH]1)C(=O)NC(C(=O)O)C(C)O. The van der Waals surface area contributed by atoms with Crippen LogP contribution in [0, 0.1) is 0 Å². The van der Waals surface area contributed by atoms with Gasteiger partial charge in [0.15, 0.2) is 6.04 Å². The van der Waals surface area contributed by atoms with E-state index in [0.717, 1.165) is 0 Å². The number of thioether (sulfide) groups is 1. The normalized spacial score (nSPS) is 15.3. The van der Waals surface area contributed by atoms with E-state index in [9.17, 15) is 29.1 Å². The number of nitrogens with two attached hydrogens (primary N) is 1. The first-order valence-corrected chi connectivity index (χ1v) is 11.6. The fraction of sp³-hybridized carbons (Fsp3) is 0.579. The summed E-state index contributed by atoms with van der Waals surface area (Å²) in [6, 6.07) is -5.51. The topological polar surface area (TPSA) is 237 Å². The maximum Gasteiger partial charge on any atom is 0.328 e. The number of H-pyrrole nitrogens is 1. The van der Waals surface area contributed by atoms with Crippen molar-refractivity contribution in [1.29, 1.82) is 0 Å². The van der Waals surface area contributed by atoms with Gasteiger partial charge in [0.1, 0.15) is 12.1 Å². The molecule has 0 aliphatic heterocycles. The molecular formula is C19H30N6O8S. The molecule has 190 valence electrons. The predicted molar refractivity (Wildman–Crippen MR) is 121 cm³/mol. The van der Waals surface area contributed by atoms with Gasteiger partial charge in [-0.05, 0) is 25.4 Å². The molecule has 0 aliphatic carbocycles. The van der Waals surface area contributed by atoms with Crippen molar-refractivity contribution in [1.82, 2.24) is 25.9 Å². The van der Waals surface area contributed by atoms with Gasteiger partial charge >= 0.3 is 11.9 Å². The van der Waals surface area contributed by atoms with Gasteiger partial charge in [-0.1, -0.05) is 0 Å². The van der Waals surface area contributed by atoms with E-state index in [0.29, 0.717) is 11.4 Å². The molecule has 1 aromatic rings. The number of nitrogens with zero attached hydrogens (tertiary/aromatic N) is 1. The van der Waals surface area contributed by atoms with Gasteiger partial charge in [0.2, 0.25) is 17.7 Å². The minimum Gasteiger partial charge on any atom is -0.481 e. The van der Waals surface area contributed by atoms with Crippen LogP contribution in [0.1, 0.15) is 25.5 Å². The number of nitrogens with one attached hydrogen (secondary N) is 4. The number of aromatic nitrogens is 2. The molecule has 9 N–H and O–H groups in total. The molecule has 5 unspecified atom stereocenters. The fourth-order valence-corrected chi connectivity index (χ4v) is 3.28. The highest BCUT2D eigenvalue weighted by Gasteiger charge is 2.32. The zero-order valence-electron chi connectivity index (χ0n) is 18.7. The van der Waals surface area contributed by atoms with Crippen molar-refractivity contribution in [3.05, 3.63) is 18.2 Å². The van der Waals surface area contributed by atoms with E-state index in [1.165, 1.54) is 31.2 Å². The number of aliphatic hydroxyl groups excluding tert-OH is 1. The summed E-state index contributed by atoms with van der Waals surface area (Å²) < 4.78 is 0. The molecule has 0 spiro atoms. The number of imidazole rings is 1. The Morgan fingerprint density at radius 1 is 1.09 bits per heavy atom. The van der Waals surface area contributed by atoms with Crippen LogP contribution in [0.3, 0.4) is 0 Å². The number of hydrogen-bond donors (Lipinski definition) is 8. The van der Waals surface area contributed by atoms with E-state index >= 15 is 0 Å². The average molecular weight is 503 g/mol. The van der Waals surface area contributed by atoms with Crippen molar-refractivity contribution in [2.45, 2.75) is 56.5 Å². The highest BCUT2D eigenvalue weighted by atomic mass is 32.2. The highest BCUT2D eigenvalue weighted by molar-refractivity contribution is 7.98. The van der Waals surface area contributed by atoms with Crippen molar-refractivity contribution in [3.63, 3.8) is 0 Å². The molecule has 0 aliphatic rings. The number of hydrogen-bond acceptors (Lipinski definition) is 9. The van der Waals surface area contributed by atoms with Crippen LogP contribution in [0.15, 0.2) is 12.5 Å². The number of aromatic amines is 1. The molecule has 5 atom stereocenters. The molecule has 0 bridgehead atoms. The minimum atomic E-state index is -1.61. The van der Waals surface area contributed by atoms with Gasteiger partial charge in [-0.2, -0.15) is 11.8 Å². The Morgan fingerprint density at radius 2 is 1.71 bits per heavy atom. The van der Waals surface area contributed by atoms with Gasteiger partial charge in [0.05, 0.1) is 24.9 Å². The van der Waals surface area contributed by atoms with Crippen LogP contribution in [-0.4, -0.2) is 97.2 Å². The van der Waals surface area contributed by atoms with Crippen molar-refractivity contribution in [2.24, 2.45) is 5.73 Å². The molecule has 0 saturated heterocycles. The third-order valence-corrected chi connectivity index (χ3v) is 5.28. The summed E-state index contributed by atoms with van der Waals surface area (Å²) in [6.45, 7) is 1.18. The van der Waals surface area contributed by atoms with Gasteiger partial charge in [0, 0.05) is 18.3 Å². The Balaban J connectivity index is 2.93. The van der Waals surface area contributed by atoms with Crippen LogP contribution < -0.4 is 21.7 Å². The number of rotatable bonds is 15. The lowest BCUT2D eigenvalue weighted by Gasteiger charge is -2.25. The van der Waals surface area contributed by atoms with E-state index in [4.69, 9.17) is 15.9 Å². The Bertz CT molecular complexity index is 850. The number of carbonyl (C=O) groups is 5. The molecule has 14 nitrogen and oxygen atoms in total. The van der Waals surface area contributed by atoms with Gasteiger partial charge in [-0.25, -0.2) is 9.78 Å². The molecule has 3 amide bonds. The lowest BCUT2D eigenvalue weighted by atomic mass is 10.1. The largest absolute Gasteiger partial charge is 0.481 e. The second-order valence-electron chi connectivity index (χ2n) is 7.45. The average Bonchev–Trinajstić information content (AvgIpc) is 3.26. The summed E-state index contributed by atoms with van der Waals surface area (Å²) in [6.07, 6.45) is 2.56. The summed E-state index contributed by atoms with van der Waals surface area (Å²) in [5.74, 6) is -5.09. The van der Waals surface area contributed by atoms with Crippen molar-refractivity contribution < 1.29 is 39.3 Å². The maximum atomic E-state index is 12.8. The molecule has 1 aromatic heterocycles. The first kappa shape index (κ1) is 28.9. The van der Waals surface area contributed by atoms with Crippen LogP contribution >= 0.6 is 11.8 Å². The Kier molecular flexibility index (Phi) is 12.0. The van der Waals surface area contributed by atoms with Crippen LogP contribution in [0.4, 0.5) is 0 Å². The van der Waals surface area contributed by atoms with E-state index in [2.05, 4.69) is 25.9 Å². The van der Waals surface area contributed by atoms with Crippen molar-refractivity contribution in [2.75, 3.05) is 12.0 Å². The monoisotopic (exact) mass is 502 g/mol. The number of aliphatic hydroxyl groups is 1. The van der Waals surface area contributed by atoms with Crippen molar-refractivity contribution >= 4 is 41.4 Å². The Labute approximate surface area is 199 Å². The highest BCUT2D eigenvalue weighted by Crippen LogP contribution is 2.05. The molecule has 34 heavy (non-hydrogen) atoms. The second-order valence-corrected chi connectivity index (χ2v) is 8.44. The van der Waals surface area contributed by atoms with Crippen LogP contribution in [0.5, 0.6) is 0 Å². The second kappa shape index (κ2) is 14.2. The number of carbonyl (C=O) groups excluding carboxylic acids is 3. The van der Waals surface area contributed by atoms with E-state index in [1.807, 2.05) is 0 Å². The first-order chi connectivity index (χ1) is 16.0. The third kappa shape index (κ3) is 9.76. The standard InChI is InChI=1S/C19H30N6O8S/c1-9(26)15(19(32)33)25-17(30)12(3-4-34-2)23-18(31)13(6-14(27)28)24-16(29)11(20)5-10-7-21-8-22-10/h7-9,11-13,15,26H,3-6,20H2,1-2H3,(H,21,22)(H,23,31)(H,24,29)(H,25,30)(H,27,28)(H,32,33). The molecule has 0 saturated carbocycles. The van der Waals surface area contributed by atoms with Crippen LogP contribution in [0.25, 0.3) is 0 Å². The first-order valence-electron chi connectivity index (χ1n) is 10.2. The van der Waals surface area contributed by atoms with Crippen LogP contribution in [0.2, 0.25) is 0 Å². The number of carboxylic acid groups (broad SMARTS) is 2. The van der Waals surface area contributed by atoms with E-state index in [-0.39, 0.29) is 12.8 Å². The van der Waals surface area contributed by atoms with Gasteiger partial charge in [-0.3, -0.25) is 19.2 Å². The van der Waals surface area contributed by atoms with Gasteiger partial charge in [-0.15, -0.1) is 0 Å². The number of amides is 3. The summed E-state index contributed by atoms with van der Waals surface area (Å²) >= 11 is 1.36. The zero-order chi connectivity index (χ0) is 25.8. The molecule has 0 radical (unpaired) electrons. The maximum absolute atomic E-state index is 12.8. The summed E-state index contributed by atoms with van der Waals surface area (Å²) in [5, 5.41) is 34.7. The number of carboxylic acids is 2. The van der Waals surface area contributed by atoms with Crippen LogP contribution in [-0.2, 0) is 30.4 Å². The minimum absolute atomic E-state index is 0.0575. The summed E-state index contributed by atoms with van der Waals surface area (Å²) in [7, 11) is 0. The molecular weight excluding hydrogens is 472 g/mol. The van der Waals surface area contributed by atoms with Crippen molar-refractivity contribution in [3.8, 4) is 0 Å². The Hall–Kier alpha value is -3.17. The summed E-state index contributed by atoms with van der Waals surface area (Å²) in [5.41, 5.74) is 6.39. The fourth-order valence-electron chi connectivity index (χ4n) is 2.81. The summed E-state index contributed by atoms with van der Waals surface area (Å²) in [4.78, 5) is 66.9. The number of aliphatic carboxylic acids is 2. The Morgan fingerprint density at radius 3 is 2.21 bits per heavy atom. The smallest absolute Gasteiger partial charge is 0.328 e. The van der Waals surface area contributed by atoms with E-state index < -0.39 is 66.4 Å². The van der Waals surface area contributed by atoms with E-state index in [1.54, 1.807) is 6.26 Å². The molecule has 0 fully saturated rings. The lowest BCUT2D eigenvalue weighted by Crippen LogP contribution is -2.58.